The Labute approximate surface area is 174 Å². The van der Waals surface area contributed by atoms with Gasteiger partial charge in [-0.15, -0.1) is 0 Å². The van der Waals surface area contributed by atoms with Gasteiger partial charge in [-0.2, -0.15) is 0 Å². The molecule has 0 saturated carbocycles. The zero-order valence-electron chi connectivity index (χ0n) is 16.6. The highest BCUT2D eigenvalue weighted by atomic mass is 19.2. The molecule has 0 radical (unpaired) electrons. The molecule has 4 rings (SSSR count). The second kappa shape index (κ2) is 8.84. The molecule has 1 heterocycles. The molecule has 0 fully saturated rings. The maximum atomic E-state index is 13.8. The van der Waals surface area contributed by atoms with Crippen molar-refractivity contribution in [2.75, 3.05) is 0 Å². The number of nitrogens with zero attached hydrogens (tertiary/aromatic N) is 2. The highest BCUT2D eigenvalue weighted by Crippen LogP contribution is 2.21. The lowest BCUT2D eigenvalue weighted by Crippen LogP contribution is -1.99. The van der Waals surface area contributed by atoms with Crippen LogP contribution in [0.2, 0.25) is 0 Å². The van der Waals surface area contributed by atoms with Gasteiger partial charge in [0.15, 0.2) is 11.6 Å². The van der Waals surface area contributed by atoms with Gasteiger partial charge in [0, 0.05) is 35.3 Å². The van der Waals surface area contributed by atoms with Crippen LogP contribution in [0.5, 0.6) is 0 Å². The van der Waals surface area contributed by atoms with Crippen LogP contribution >= 0.6 is 0 Å². The predicted octanol–water partition coefficient (Wildman–Crippen LogP) is 5.66. The summed E-state index contributed by atoms with van der Waals surface area (Å²) in [6.07, 6.45) is 6.38. The van der Waals surface area contributed by atoms with Gasteiger partial charge in [-0.25, -0.2) is 18.7 Å². The third-order valence-corrected chi connectivity index (χ3v) is 5.02. The van der Waals surface area contributed by atoms with E-state index in [1.807, 2.05) is 24.5 Å². The number of benzene rings is 3. The van der Waals surface area contributed by atoms with E-state index >= 15 is 0 Å². The van der Waals surface area contributed by atoms with Crippen LogP contribution in [0.3, 0.4) is 0 Å². The number of hydrogen-bond donors (Lipinski definition) is 0. The van der Waals surface area contributed by atoms with Crippen LogP contribution in [-0.4, -0.2) is 9.97 Å². The van der Waals surface area contributed by atoms with Crippen molar-refractivity contribution in [3.05, 3.63) is 107 Å². The highest BCUT2D eigenvalue weighted by molar-refractivity contribution is 5.84. The van der Waals surface area contributed by atoms with E-state index in [2.05, 4.69) is 40.9 Å². The van der Waals surface area contributed by atoms with Gasteiger partial charge in [0.2, 0.25) is 0 Å². The fourth-order valence-electron chi connectivity index (χ4n) is 3.19. The molecule has 0 atom stereocenters. The van der Waals surface area contributed by atoms with E-state index in [-0.39, 0.29) is 5.39 Å². The van der Waals surface area contributed by atoms with Gasteiger partial charge in [-0.05, 0) is 59.7 Å². The molecule has 3 aromatic carbocycles. The Balaban J connectivity index is 1.43. The Morgan fingerprint density at radius 1 is 0.767 bits per heavy atom. The van der Waals surface area contributed by atoms with E-state index in [0.29, 0.717) is 5.39 Å². The van der Waals surface area contributed by atoms with E-state index < -0.39 is 11.6 Å². The summed E-state index contributed by atoms with van der Waals surface area (Å²) in [6, 6.07) is 15.8. The minimum absolute atomic E-state index is 0.262. The Hall–Kier alpha value is -3.58. The summed E-state index contributed by atoms with van der Waals surface area (Å²) in [5, 5.41) is 0.892. The van der Waals surface area contributed by atoms with E-state index in [0.717, 1.165) is 47.8 Å². The normalized spacial score (nSPS) is 10.6. The molecule has 1 aromatic heterocycles. The zero-order valence-corrected chi connectivity index (χ0v) is 16.6. The summed E-state index contributed by atoms with van der Waals surface area (Å²) in [5.74, 6) is 5.40. The van der Waals surface area contributed by atoms with Gasteiger partial charge in [0.25, 0.3) is 0 Å². The topological polar surface area (TPSA) is 25.8 Å². The number of halogens is 2. The Morgan fingerprint density at radius 3 is 2.20 bits per heavy atom. The summed E-state index contributed by atoms with van der Waals surface area (Å²) in [7, 11) is 0. The van der Waals surface area contributed by atoms with Crippen LogP contribution in [0.25, 0.3) is 10.8 Å². The van der Waals surface area contributed by atoms with Crippen molar-refractivity contribution < 1.29 is 8.78 Å². The van der Waals surface area contributed by atoms with Gasteiger partial charge >= 0.3 is 0 Å². The Kier molecular flexibility index (Phi) is 5.81. The van der Waals surface area contributed by atoms with Crippen molar-refractivity contribution in [2.24, 2.45) is 0 Å². The van der Waals surface area contributed by atoms with E-state index in [9.17, 15) is 8.78 Å². The fourth-order valence-corrected chi connectivity index (χ4v) is 3.19. The largest absolute Gasteiger partial charge is 0.241 e. The molecule has 4 aromatic rings. The molecule has 30 heavy (non-hydrogen) atoms. The first-order valence-corrected chi connectivity index (χ1v) is 9.91. The van der Waals surface area contributed by atoms with Crippen LogP contribution in [0, 0.1) is 23.5 Å². The molecule has 4 heteroatoms. The summed E-state index contributed by atoms with van der Waals surface area (Å²) < 4.78 is 27.1. The second-order valence-corrected chi connectivity index (χ2v) is 7.11. The molecule has 0 saturated heterocycles. The van der Waals surface area contributed by atoms with E-state index in [1.165, 1.54) is 5.56 Å². The zero-order chi connectivity index (χ0) is 20.9. The minimum Gasteiger partial charge on any atom is -0.241 e. The second-order valence-electron chi connectivity index (χ2n) is 7.11. The van der Waals surface area contributed by atoms with Crippen molar-refractivity contribution in [2.45, 2.75) is 26.2 Å². The predicted molar refractivity (Wildman–Crippen MR) is 115 cm³/mol. The number of fused-ring (bicyclic) bond motifs is 1. The average molecular weight is 398 g/mol. The first kappa shape index (κ1) is 19.7. The number of rotatable bonds is 4. The van der Waals surface area contributed by atoms with Gasteiger partial charge < -0.3 is 0 Å². The molecule has 0 amide bonds. The molecule has 0 aliphatic carbocycles. The van der Waals surface area contributed by atoms with Gasteiger partial charge in [0.1, 0.15) is 5.82 Å². The van der Waals surface area contributed by atoms with Crippen LogP contribution in [-0.2, 0) is 19.3 Å². The third-order valence-electron chi connectivity index (χ3n) is 5.02. The molecule has 0 bridgehead atoms. The maximum Gasteiger partial charge on any atom is 0.166 e. The fraction of sp³-hybridized carbons (Fsp3) is 0.154. The third kappa shape index (κ3) is 4.52. The standard InChI is InChI=1S/C26H20F2N2/c1-2-18-16-29-25(30-17-18)14-10-20-5-3-19(4-6-20)7-8-21-9-12-23-22(15-21)11-13-24(27)26(23)28/h3-6,9,11-13,15-17H,2,10,14H2,1H3. The smallest absolute Gasteiger partial charge is 0.166 e. The Bertz CT molecular complexity index is 1230. The van der Waals surface area contributed by atoms with Crippen molar-refractivity contribution in [3.63, 3.8) is 0 Å². The monoisotopic (exact) mass is 398 g/mol. The molecule has 2 nitrogen and oxygen atoms in total. The lowest BCUT2D eigenvalue weighted by Gasteiger charge is -2.02. The number of aryl methyl sites for hydroxylation is 3. The highest BCUT2D eigenvalue weighted by Gasteiger charge is 2.06. The molecule has 0 unspecified atom stereocenters. The van der Waals surface area contributed by atoms with Crippen LogP contribution in [0.15, 0.2) is 67.0 Å². The summed E-state index contributed by atoms with van der Waals surface area (Å²) in [5.41, 5.74) is 4.00. The SMILES string of the molecule is CCc1cnc(CCc2ccc(C#Cc3ccc4c(F)c(F)ccc4c3)cc2)nc1. The molecule has 148 valence electrons. The summed E-state index contributed by atoms with van der Waals surface area (Å²) in [4.78, 5) is 8.80. The van der Waals surface area contributed by atoms with Crippen LogP contribution in [0.4, 0.5) is 8.78 Å². The van der Waals surface area contributed by atoms with Gasteiger partial charge in [-0.3, -0.25) is 0 Å². The average Bonchev–Trinajstić information content (AvgIpc) is 2.80. The number of hydrogen-bond acceptors (Lipinski definition) is 2. The van der Waals surface area contributed by atoms with Crippen molar-refractivity contribution in [3.8, 4) is 11.8 Å². The first-order valence-electron chi connectivity index (χ1n) is 9.91. The molecule has 0 aliphatic heterocycles. The molecule has 0 aliphatic rings. The van der Waals surface area contributed by atoms with Crippen molar-refractivity contribution >= 4 is 10.8 Å². The first-order chi connectivity index (χ1) is 14.6. The Morgan fingerprint density at radius 2 is 1.47 bits per heavy atom. The molecule has 0 spiro atoms. The minimum atomic E-state index is -0.842. The molecule has 0 N–H and O–H groups in total. The van der Waals surface area contributed by atoms with E-state index in [4.69, 9.17) is 0 Å². The lowest BCUT2D eigenvalue weighted by molar-refractivity contribution is 0.517. The molecular weight excluding hydrogens is 378 g/mol. The lowest BCUT2D eigenvalue weighted by atomic mass is 10.1. The quantitative estimate of drug-likeness (QED) is 0.415. The maximum absolute atomic E-state index is 13.8. The molecular formula is C26H20F2N2. The summed E-state index contributed by atoms with van der Waals surface area (Å²) in [6.45, 7) is 2.09. The van der Waals surface area contributed by atoms with Crippen LogP contribution < -0.4 is 0 Å². The summed E-state index contributed by atoms with van der Waals surface area (Å²) >= 11 is 0. The van der Waals surface area contributed by atoms with Crippen molar-refractivity contribution in [1.82, 2.24) is 9.97 Å². The van der Waals surface area contributed by atoms with E-state index in [1.54, 1.807) is 24.3 Å². The van der Waals surface area contributed by atoms with Gasteiger partial charge in [-0.1, -0.05) is 43.0 Å². The van der Waals surface area contributed by atoms with Gasteiger partial charge in [0.05, 0.1) is 0 Å². The number of aromatic nitrogens is 2. The van der Waals surface area contributed by atoms with Crippen molar-refractivity contribution in [1.29, 1.82) is 0 Å². The van der Waals surface area contributed by atoms with Crippen LogP contribution in [0.1, 0.15) is 35.0 Å².